The van der Waals surface area contributed by atoms with Gasteiger partial charge in [0.15, 0.2) is 0 Å². The molecule has 0 aliphatic heterocycles. The van der Waals surface area contributed by atoms with Crippen molar-refractivity contribution >= 4 is 11.6 Å². The number of benzene rings is 1. The molecule has 10 heavy (non-hydrogen) atoms. The highest BCUT2D eigenvalue weighted by Crippen LogP contribution is 2.38. The van der Waals surface area contributed by atoms with Crippen molar-refractivity contribution in [2.24, 2.45) is 0 Å². The molecule has 0 amide bonds. The Balaban J connectivity index is 2.56. The summed E-state index contributed by atoms with van der Waals surface area (Å²) >= 11 is 5.93. The Hall–Kier alpha value is -0.490. The van der Waals surface area contributed by atoms with E-state index in [2.05, 4.69) is 13.0 Å². The first-order valence-electron chi connectivity index (χ1n) is 3.56. The van der Waals surface area contributed by atoms with Gasteiger partial charge in [-0.2, -0.15) is 0 Å². The molecule has 0 heterocycles. The third-order valence-electron chi connectivity index (χ3n) is 2.20. The molecule has 0 aromatic heterocycles. The van der Waals surface area contributed by atoms with Crippen molar-refractivity contribution in [1.29, 1.82) is 0 Å². The van der Waals surface area contributed by atoms with Crippen LogP contribution in [-0.4, -0.2) is 0 Å². The van der Waals surface area contributed by atoms with Crippen molar-refractivity contribution in [1.82, 2.24) is 0 Å². The molecule has 0 spiro atoms. The van der Waals surface area contributed by atoms with Crippen molar-refractivity contribution in [2.45, 2.75) is 19.3 Å². The summed E-state index contributed by atoms with van der Waals surface area (Å²) in [6.07, 6.45) is 1.16. The summed E-state index contributed by atoms with van der Waals surface area (Å²) in [5.41, 5.74) is 2.80. The molecule has 1 aromatic rings. The summed E-state index contributed by atoms with van der Waals surface area (Å²) in [7, 11) is 0. The van der Waals surface area contributed by atoms with E-state index in [1.807, 2.05) is 12.1 Å². The molecule has 1 heteroatoms. The largest absolute Gasteiger partial charge is 0.0840 e. The molecule has 0 nitrogen and oxygen atoms in total. The van der Waals surface area contributed by atoms with E-state index in [-0.39, 0.29) is 0 Å². The molecule has 0 N–H and O–H groups in total. The van der Waals surface area contributed by atoms with Gasteiger partial charge in [0.2, 0.25) is 0 Å². The van der Waals surface area contributed by atoms with Gasteiger partial charge in [0.05, 0.1) is 0 Å². The molecule has 0 fully saturated rings. The molecular weight excluding hydrogens is 144 g/mol. The number of fused-ring (bicyclic) bond motifs is 1. The molecule has 1 unspecified atom stereocenters. The highest BCUT2D eigenvalue weighted by molar-refractivity contribution is 6.31. The standard InChI is InChI=1S/C9H9Cl/c1-6-5-8-7(6)3-2-4-9(8)10/h2-4,6H,5H2,1H3. The lowest BCUT2D eigenvalue weighted by Gasteiger charge is -2.27. The van der Waals surface area contributed by atoms with Gasteiger partial charge in [0, 0.05) is 5.02 Å². The van der Waals surface area contributed by atoms with Crippen LogP contribution in [0.25, 0.3) is 0 Å². The monoisotopic (exact) mass is 152 g/mol. The number of rotatable bonds is 0. The maximum Gasteiger partial charge on any atom is 0.0441 e. The van der Waals surface area contributed by atoms with E-state index >= 15 is 0 Å². The summed E-state index contributed by atoms with van der Waals surface area (Å²) in [6, 6.07) is 6.15. The normalized spacial score (nSPS) is 21.6. The van der Waals surface area contributed by atoms with Crippen LogP contribution in [0.2, 0.25) is 5.02 Å². The van der Waals surface area contributed by atoms with Crippen LogP contribution < -0.4 is 0 Å². The van der Waals surface area contributed by atoms with Crippen LogP contribution in [0.4, 0.5) is 0 Å². The summed E-state index contributed by atoms with van der Waals surface area (Å²) in [4.78, 5) is 0. The minimum atomic E-state index is 0.730. The molecule has 0 saturated carbocycles. The Labute approximate surface area is 65.8 Å². The van der Waals surface area contributed by atoms with Gasteiger partial charge < -0.3 is 0 Å². The van der Waals surface area contributed by atoms with Gasteiger partial charge in [-0.15, -0.1) is 0 Å². The van der Waals surface area contributed by atoms with Gasteiger partial charge in [-0.25, -0.2) is 0 Å². The average molecular weight is 153 g/mol. The average Bonchev–Trinajstić information content (AvgIpc) is 1.91. The minimum absolute atomic E-state index is 0.730. The van der Waals surface area contributed by atoms with Crippen molar-refractivity contribution < 1.29 is 0 Å². The van der Waals surface area contributed by atoms with E-state index in [0.29, 0.717) is 0 Å². The van der Waals surface area contributed by atoms with Crippen LogP contribution >= 0.6 is 11.6 Å². The van der Waals surface area contributed by atoms with Gasteiger partial charge in [-0.1, -0.05) is 30.7 Å². The summed E-state index contributed by atoms with van der Waals surface area (Å²) < 4.78 is 0. The predicted octanol–water partition coefficient (Wildman–Crippen LogP) is 3.00. The summed E-state index contributed by atoms with van der Waals surface area (Å²) in [5, 5.41) is 0.940. The zero-order valence-electron chi connectivity index (χ0n) is 5.89. The Morgan fingerprint density at radius 3 is 2.90 bits per heavy atom. The van der Waals surface area contributed by atoms with Crippen molar-refractivity contribution in [2.75, 3.05) is 0 Å². The fraction of sp³-hybridized carbons (Fsp3) is 0.333. The Bertz CT molecular complexity index is 265. The smallest absolute Gasteiger partial charge is 0.0441 e. The maximum atomic E-state index is 5.93. The van der Waals surface area contributed by atoms with Crippen LogP contribution in [-0.2, 0) is 6.42 Å². The zero-order chi connectivity index (χ0) is 7.14. The predicted molar refractivity (Wildman–Crippen MR) is 43.6 cm³/mol. The number of hydrogen-bond acceptors (Lipinski definition) is 0. The molecule has 1 atom stereocenters. The lowest BCUT2D eigenvalue weighted by Crippen LogP contribution is -2.13. The van der Waals surface area contributed by atoms with Crippen LogP contribution in [0.5, 0.6) is 0 Å². The Morgan fingerprint density at radius 1 is 1.50 bits per heavy atom. The second kappa shape index (κ2) is 2.00. The molecule has 0 radical (unpaired) electrons. The molecule has 0 saturated heterocycles. The fourth-order valence-corrected chi connectivity index (χ4v) is 1.80. The highest BCUT2D eigenvalue weighted by Gasteiger charge is 2.23. The minimum Gasteiger partial charge on any atom is -0.0840 e. The van der Waals surface area contributed by atoms with Crippen molar-refractivity contribution in [3.63, 3.8) is 0 Å². The highest BCUT2D eigenvalue weighted by atomic mass is 35.5. The van der Waals surface area contributed by atoms with E-state index in [0.717, 1.165) is 17.4 Å². The van der Waals surface area contributed by atoms with Gasteiger partial charge >= 0.3 is 0 Å². The first-order chi connectivity index (χ1) is 4.79. The van der Waals surface area contributed by atoms with E-state index < -0.39 is 0 Å². The zero-order valence-corrected chi connectivity index (χ0v) is 6.65. The molecule has 52 valence electrons. The van der Waals surface area contributed by atoms with E-state index in [9.17, 15) is 0 Å². The fourth-order valence-electron chi connectivity index (χ4n) is 1.54. The van der Waals surface area contributed by atoms with Crippen molar-refractivity contribution in [3.8, 4) is 0 Å². The van der Waals surface area contributed by atoms with E-state index in [1.54, 1.807) is 0 Å². The van der Waals surface area contributed by atoms with Crippen molar-refractivity contribution in [3.05, 3.63) is 34.3 Å². The molecular formula is C9H9Cl. The first-order valence-corrected chi connectivity index (χ1v) is 3.94. The second-order valence-corrected chi connectivity index (χ2v) is 3.32. The van der Waals surface area contributed by atoms with Gasteiger partial charge in [-0.05, 0) is 29.5 Å². The van der Waals surface area contributed by atoms with Crippen LogP contribution in [0.1, 0.15) is 24.0 Å². The number of halogens is 1. The van der Waals surface area contributed by atoms with Gasteiger partial charge in [0.1, 0.15) is 0 Å². The molecule has 2 rings (SSSR count). The Morgan fingerprint density at radius 2 is 2.30 bits per heavy atom. The SMILES string of the molecule is CC1Cc2c(Cl)cccc21. The molecule has 0 bridgehead atoms. The third-order valence-corrected chi connectivity index (χ3v) is 2.55. The summed E-state index contributed by atoms with van der Waals surface area (Å²) in [6.45, 7) is 2.23. The van der Waals surface area contributed by atoms with E-state index in [4.69, 9.17) is 11.6 Å². The van der Waals surface area contributed by atoms with Crippen LogP contribution in [0, 0.1) is 0 Å². The summed E-state index contributed by atoms with van der Waals surface area (Å²) in [5.74, 6) is 0.730. The molecule has 1 aliphatic rings. The maximum absolute atomic E-state index is 5.93. The quantitative estimate of drug-likeness (QED) is 0.536. The lowest BCUT2D eigenvalue weighted by molar-refractivity contribution is 0.668. The lowest BCUT2D eigenvalue weighted by atomic mass is 9.79. The van der Waals surface area contributed by atoms with Gasteiger partial charge in [0.25, 0.3) is 0 Å². The molecule has 1 aliphatic carbocycles. The van der Waals surface area contributed by atoms with Crippen LogP contribution in [0.15, 0.2) is 18.2 Å². The first kappa shape index (κ1) is 6.23. The second-order valence-electron chi connectivity index (χ2n) is 2.91. The molecule has 1 aromatic carbocycles. The topological polar surface area (TPSA) is 0 Å². The third kappa shape index (κ3) is 0.688. The number of hydrogen-bond donors (Lipinski definition) is 0. The van der Waals surface area contributed by atoms with Crippen LogP contribution in [0.3, 0.4) is 0 Å². The van der Waals surface area contributed by atoms with E-state index in [1.165, 1.54) is 11.1 Å². The Kier molecular flexibility index (Phi) is 1.24. The van der Waals surface area contributed by atoms with Gasteiger partial charge in [-0.3, -0.25) is 0 Å².